The largest absolute Gasteiger partial charge is 0.368 e. The number of nitrogens with zero attached hydrogens (tertiary/aromatic N) is 7. The monoisotopic (exact) mass is 365 g/mol. The van der Waals surface area contributed by atoms with Crippen LogP contribution in [-0.2, 0) is 7.05 Å². The maximum atomic E-state index is 13.2. The lowest BCUT2D eigenvalue weighted by molar-refractivity contribution is 0.606. The van der Waals surface area contributed by atoms with Gasteiger partial charge >= 0.3 is 0 Å². The van der Waals surface area contributed by atoms with Crippen molar-refractivity contribution in [1.29, 1.82) is 0 Å². The Bertz CT molecular complexity index is 1110. The minimum Gasteiger partial charge on any atom is -0.368 e. The Morgan fingerprint density at radius 2 is 1.89 bits per heavy atom. The molecule has 0 spiro atoms. The number of aryl methyl sites for hydroxylation is 1. The van der Waals surface area contributed by atoms with Gasteiger partial charge in [0.25, 0.3) is 0 Å². The van der Waals surface area contributed by atoms with Crippen molar-refractivity contribution in [2.24, 2.45) is 7.05 Å². The SMILES string of the molecule is CC(c1ncc(F)cn1)c1cncc2nc(N)nc(Nc3cn(C)cn3)c12. The van der Waals surface area contributed by atoms with Crippen LogP contribution in [-0.4, -0.2) is 34.5 Å². The molecule has 0 aliphatic carbocycles. The van der Waals surface area contributed by atoms with Gasteiger partial charge in [-0.1, -0.05) is 6.92 Å². The van der Waals surface area contributed by atoms with Crippen molar-refractivity contribution in [3.8, 4) is 0 Å². The predicted octanol–water partition coefficient (Wildman–Crippen LogP) is 2.17. The Labute approximate surface area is 153 Å². The first kappa shape index (κ1) is 16.8. The zero-order chi connectivity index (χ0) is 19.0. The van der Waals surface area contributed by atoms with E-state index in [0.29, 0.717) is 23.0 Å². The van der Waals surface area contributed by atoms with Crippen LogP contribution in [0.25, 0.3) is 10.9 Å². The molecule has 0 saturated heterocycles. The minimum atomic E-state index is -0.490. The summed E-state index contributed by atoms with van der Waals surface area (Å²) in [6.07, 6.45) is 9.07. The fraction of sp³-hybridized carbons (Fsp3) is 0.176. The number of nitrogens with two attached hydrogens (primary N) is 1. The Morgan fingerprint density at radius 1 is 1.11 bits per heavy atom. The average molecular weight is 365 g/mol. The van der Waals surface area contributed by atoms with Gasteiger partial charge in [-0.05, 0) is 5.56 Å². The molecule has 136 valence electrons. The van der Waals surface area contributed by atoms with Crippen molar-refractivity contribution in [3.05, 3.63) is 54.5 Å². The molecule has 0 aliphatic rings. The lowest BCUT2D eigenvalue weighted by Crippen LogP contribution is -2.08. The molecule has 0 bridgehead atoms. The summed E-state index contributed by atoms with van der Waals surface area (Å²) in [6.45, 7) is 1.91. The van der Waals surface area contributed by atoms with Gasteiger partial charge in [-0.3, -0.25) is 4.98 Å². The van der Waals surface area contributed by atoms with Crippen molar-refractivity contribution in [2.75, 3.05) is 11.1 Å². The molecule has 4 aromatic heterocycles. The molecular weight excluding hydrogens is 349 g/mol. The lowest BCUT2D eigenvalue weighted by Gasteiger charge is -2.15. The number of nitrogen functional groups attached to an aromatic ring is 1. The van der Waals surface area contributed by atoms with E-state index in [9.17, 15) is 4.39 Å². The highest BCUT2D eigenvalue weighted by Gasteiger charge is 2.19. The molecule has 1 atom stereocenters. The van der Waals surface area contributed by atoms with Crippen LogP contribution >= 0.6 is 0 Å². The summed E-state index contributed by atoms with van der Waals surface area (Å²) in [5.74, 6) is 0.943. The molecule has 4 rings (SSSR count). The minimum absolute atomic E-state index is 0.116. The number of aromatic nitrogens is 7. The van der Waals surface area contributed by atoms with Crippen molar-refractivity contribution < 1.29 is 4.39 Å². The van der Waals surface area contributed by atoms with Crippen LogP contribution in [0.4, 0.5) is 22.0 Å². The summed E-state index contributed by atoms with van der Waals surface area (Å²) in [5.41, 5.74) is 7.22. The van der Waals surface area contributed by atoms with E-state index in [4.69, 9.17) is 5.73 Å². The molecule has 0 fully saturated rings. The summed E-state index contributed by atoms with van der Waals surface area (Å²) in [4.78, 5) is 25.3. The molecule has 0 aromatic carbocycles. The van der Waals surface area contributed by atoms with E-state index in [0.717, 1.165) is 23.3 Å². The van der Waals surface area contributed by atoms with E-state index in [1.807, 2.05) is 24.7 Å². The molecular formula is C17H16FN9. The molecule has 4 heterocycles. The van der Waals surface area contributed by atoms with E-state index in [1.165, 1.54) is 0 Å². The Morgan fingerprint density at radius 3 is 2.59 bits per heavy atom. The number of halogens is 1. The maximum absolute atomic E-state index is 13.2. The number of imidazole rings is 1. The molecule has 10 heteroatoms. The first-order valence-electron chi connectivity index (χ1n) is 8.15. The smallest absolute Gasteiger partial charge is 0.222 e. The molecule has 1 unspecified atom stereocenters. The second-order valence-corrected chi connectivity index (χ2v) is 6.08. The molecule has 0 aliphatic heterocycles. The standard InChI is InChI=1S/C17H16FN9/c1-9(15-21-3-10(18)4-22-15)11-5-20-6-12-14(11)16(26-17(19)24-12)25-13-7-27(2)8-23-13/h3-9H,1-2H3,(H3,19,24,25,26). The summed E-state index contributed by atoms with van der Waals surface area (Å²) in [5, 5.41) is 3.90. The topological polar surface area (TPSA) is 120 Å². The van der Waals surface area contributed by atoms with Gasteiger partial charge < -0.3 is 15.6 Å². The Kier molecular flexibility index (Phi) is 4.07. The molecule has 9 nitrogen and oxygen atoms in total. The average Bonchev–Trinajstić information content (AvgIpc) is 3.05. The van der Waals surface area contributed by atoms with E-state index in [2.05, 4.69) is 35.2 Å². The second kappa shape index (κ2) is 6.56. The third-order valence-corrected chi connectivity index (χ3v) is 4.10. The first-order chi connectivity index (χ1) is 13.0. The zero-order valence-electron chi connectivity index (χ0n) is 14.6. The third kappa shape index (κ3) is 3.24. The van der Waals surface area contributed by atoms with Gasteiger partial charge in [-0.25, -0.2) is 24.3 Å². The molecule has 0 radical (unpaired) electrons. The van der Waals surface area contributed by atoms with E-state index in [-0.39, 0.29) is 11.9 Å². The number of hydrogen-bond acceptors (Lipinski definition) is 8. The highest BCUT2D eigenvalue weighted by atomic mass is 19.1. The number of hydrogen-bond donors (Lipinski definition) is 2. The number of anilines is 3. The molecule has 4 aromatic rings. The van der Waals surface area contributed by atoms with E-state index in [1.54, 1.807) is 18.7 Å². The van der Waals surface area contributed by atoms with Gasteiger partial charge in [-0.2, -0.15) is 4.98 Å². The summed E-state index contributed by atoms with van der Waals surface area (Å²) >= 11 is 0. The van der Waals surface area contributed by atoms with Crippen molar-refractivity contribution >= 4 is 28.5 Å². The summed E-state index contributed by atoms with van der Waals surface area (Å²) in [7, 11) is 1.87. The van der Waals surface area contributed by atoms with Gasteiger partial charge in [-0.15, -0.1) is 0 Å². The number of fused-ring (bicyclic) bond motifs is 1. The van der Waals surface area contributed by atoms with Crippen LogP contribution in [0.5, 0.6) is 0 Å². The van der Waals surface area contributed by atoms with Gasteiger partial charge in [0.2, 0.25) is 5.95 Å². The second-order valence-electron chi connectivity index (χ2n) is 6.08. The quantitative estimate of drug-likeness (QED) is 0.564. The van der Waals surface area contributed by atoms with Crippen molar-refractivity contribution in [1.82, 2.24) is 34.5 Å². The predicted molar refractivity (Wildman–Crippen MR) is 97.7 cm³/mol. The molecule has 0 saturated carbocycles. The highest BCUT2D eigenvalue weighted by molar-refractivity contribution is 5.94. The normalized spacial score (nSPS) is 12.3. The van der Waals surface area contributed by atoms with Crippen LogP contribution < -0.4 is 11.1 Å². The Hall–Kier alpha value is -3.69. The van der Waals surface area contributed by atoms with Gasteiger partial charge in [0.05, 0.1) is 35.8 Å². The van der Waals surface area contributed by atoms with Crippen LogP contribution in [0.3, 0.4) is 0 Å². The highest BCUT2D eigenvalue weighted by Crippen LogP contribution is 2.32. The van der Waals surface area contributed by atoms with Crippen LogP contribution in [0.1, 0.15) is 24.2 Å². The fourth-order valence-electron chi connectivity index (χ4n) is 2.83. The zero-order valence-corrected chi connectivity index (χ0v) is 14.6. The summed E-state index contributed by atoms with van der Waals surface area (Å²) < 4.78 is 15.0. The van der Waals surface area contributed by atoms with E-state index >= 15 is 0 Å². The Balaban J connectivity index is 1.86. The number of nitrogens with one attached hydrogen (secondary N) is 1. The van der Waals surface area contributed by atoms with Gasteiger partial charge in [0.1, 0.15) is 17.5 Å². The van der Waals surface area contributed by atoms with Gasteiger partial charge in [0, 0.05) is 25.4 Å². The van der Waals surface area contributed by atoms with E-state index < -0.39 is 5.82 Å². The third-order valence-electron chi connectivity index (χ3n) is 4.10. The molecule has 0 amide bonds. The molecule has 27 heavy (non-hydrogen) atoms. The number of rotatable bonds is 4. The van der Waals surface area contributed by atoms with Crippen molar-refractivity contribution in [2.45, 2.75) is 12.8 Å². The van der Waals surface area contributed by atoms with Crippen LogP contribution in [0, 0.1) is 5.82 Å². The first-order valence-corrected chi connectivity index (χ1v) is 8.15. The number of pyridine rings is 1. The maximum Gasteiger partial charge on any atom is 0.222 e. The van der Waals surface area contributed by atoms with Crippen LogP contribution in [0.2, 0.25) is 0 Å². The van der Waals surface area contributed by atoms with Crippen LogP contribution in [0.15, 0.2) is 37.3 Å². The van der Waals surface area contributed by atoms with Crippen molar-refractivity contribution in [3.63, 3.8) is 0 Å². The summed E-state index contributed by atoms with van der Waals surface area (Å²) in [6, 6.07) is 0. The molecule has 3 N–H and O–H groups in total. The van der Waals surface area contributed by atoms with Gasteiger partial charge in [0.15, 0.2) is 5.82 Å². The lowest BCUT2D eigenvalue weighted by atomic mass is 9.98. The fourth-order valence-corrected chi connectivity index (χ4v) is 2.83.